The van der Waals surface area contributed by atoms with Crippen LogP contribution in [0.2, 0.25) is 0 Å². The Balaban J connectivity index is 2.04. The molecule has 102 valence electrons. The Morgan fingerprint density at radius 1 is 1.00 bits per heavy atom. The maximum Gasteiger partial charge on any atom is 0.315 e. The molecule has 0 fully saturated rings. The number of aryl methyl sites for hydroxylation is 2. The van der Waals surface area contributed by atoms with Gasteiger partial charge in [0.2, 0.25) is 0 Å². The van der Waals surface area contributed by atoms with Gasteiger partial charge in [0.05, 0.1) is 0 Å². The first kappa shape index (κ1) is 13.7. The van der Waals surface area contributed by atoms with Crippen LogP contribution in [0.1, 0.15) is 11.1 Å². The molecule has 1 heterocycles. The second kappa shape index (κ2) is 5.97. The van der Waals surface area contributed by atoms with Gasteiger partial charge in [-0.1, -0.05) is 18.2 Å². The average Bonchev–Trinajstić information content (AvgIpc) is 2.44. The second-order valence-corrected chi connectivity index (χ2v) is 4.44. The molecule has 20 heavy (non-hydrogen) atoms. The van der Waals surface area contributed by atoms with Gasteiger partial charge in [0.1, 0.15) is 5.82 Å². The molecule has 0 unspecified atom stereocenters. The van der Waals surface area contributed by atoms with Crippen molar-refractivity contribution >= 4 is 23.3 Å². The maximum absolute atomic E-state index is 11.8. The summed E-state index contributed by atoms with van der Waals surface area (Å²) >= 11 is 0. The summed E-state index contributed by atoms with van der Waals surface area (Å²) in [4.78, 5) is 27.5. The third-order valence-corrected chi connectivity index (χ3v) is 2.75. The van der Waals surface area contributed by atoms with Gasteiger partial charge in [0, 0.05) is 11.9 Å². The summed E-state index contributed by atoms with van der Waals surface area (Å²) in [6.07, 6.45) is 1.54. The fraction of sp³-hybridized carbons (Fsp3) is 0.133. The molecular weight excluding hydrogens is 254 g/mol. The Hall–Kier alpha value is -2.69. The molecule has 0 atom stereocenters. The van der Waals surface area contributed by atoms with Gasteiger partial charge < -0.3 is 10.6 Å². The number of benzene rings is 1. The Bertz CT molecular complexity index is 639. The molecule has 5 nitrogen and oxygen atoms in total. The van der Waals surface area contributed by atoms with Crippen LogP contribution in [0.15, 0.2) is 42.6 Å². The van der Waals surface area contributed by atoms with E-state index < -0.39 is 11.8 Å². The van der Waals surface area contributed by atoms with E-state index in [2.05, 4.69) is 15.6 Å². The topological polar surface area (TPSA) is 71.1 Å². The lowest BCUT2D eigenvalue weighted by molar-refractivity contribution is -0.133. The molecule has 0 aliphatic rings. The largest absolute Gasteiger partial charge is 0.318 e. The van der Waals surface area contributed by atoms with Gasteiger partial charge >= 0.3 is 11.8 Å². The minimum atomic E-state index is -0.746. The molecule has 0 spiro atoms. The predicted molar refractivity (Wildman–Crippen MR) is 77.4 cm³/mol. The van der Waals surface area contributed by atoms with Crippen LogP contribution in [0.5, 0.6) is 0 Å². The van der Waals surface area contributed by atoms with Crippen molar-refractivity contribution in [2.24, 2.45) is 0 Å². The van der Waals surface area contributed by atoms with Crippen LogP contribution in [0.25, 0.3) is 0 Å². The zero-order chi connectivity index (χ0) is 14.5. The van der Waals surface area contributed by atoms with Crippen molar-refractivity contribution in [3.05, 3.63) is 53.7 Å². The monoisotopic (exact) mass is 269 g/mol. The number of nitrogens with zero attached hydrogens (tertiary/aromatic N) is 1. The minimum Gasteiger partial charge on any atom is -0.318 e. The summed E-state index contributed by atoms with van der Waals surface area (Å²) in [6.45, 7) is 3.79. The number of amides is 2. The lowest BCUT2D eigenvalue weighted by Gasteiger charge is -2.09. The fourth-order valence-corrected chi connectivity index (χ4v) is 1.66. The molecule has 1 aromatic carbocycles. The van der Waals surface area contributed by atoms with Crippen molar-refractivity contribution in [2.45, 2.75) is 13.8 Å². The van der Waals surface area contributed by atoms with Gasteiger partial charge in [0.25, 0.3) is 0 Å². The minimum absolute atomic E-state index is 0.341. The summed E-state index contributed by atoms with van der Waals surface area (Å²) in [5, 5.41) is 5.03. The number of hydrogen-bond acceptors (Lipinski definition) is 3. The molecule has 0 aliphatic carbocycles. The van der Waals surface area contributed by atoms with E-state index in [9.17, 15) is 9.59 Å². The standard InChI is InChI=1S/C15H15N3O2/c1-10-6-7-11(2)12(9-10)17-14(19)15(20)18-13-5-3-4-8-16-13/h3-9H,1-2H3,(H,17,19)(H,16,18,20). The van der Waals surface area contributed by atoms with E-state index in [1.165, 1.54) is 6.20 Å². The van der Waals surface area contributed by atoms with E-state index in [4.69, 9.17) is 0 Å². The Morgan fingerprint density at radius 2 is 1.75 bits per heavy atom. The normalized spacial score (nSPS) is 9.90. The van der Waals surface area contributed by atoms with Gasteiger partial charge in [-0.2, -0.15) is 0 Å². The number of aromatic nitrogens is 1. The summed E-state index contributed by atoms with van der Waals surface area (Å²) in [5.41, 5.74) is 2.54. The third-order valence-electron chi connectivity index (χ3n) is 2.75. The van der Waals surface area contributed by atoms with E-state index in [0.717, 1.165) is 11.1 Å². The molecule has 2 aromatic rings. The van der Waals surface area contributed by atoms with Crippen LogP contribution < -0.4 is 10.6 Å². The van der Waals surface area contributed by atoms with Crippen LogP contribution in [0, 0.1) is 13.8 Å². The summed E-state index contributed by atoms with van der Waals surface area (Å²) in [5.74, 6) is -1.12. The molecule has 0 bridgehead atoms. The highest BCUT2D eigenvalue weighted by atomic mass is 16.2. The van der Waals surface area contributed by atoms with E-state index in [-0.39, 0.29) is 0 Å². The lowest BCUT2D eigenvalue weighted by Crippen LogP contribution is -2.29. The molecule has 0 radical (unpaired) electrons. The van der Waals surface area contributed by atoms with Crippen LogP contribution in [0.3, 0.4) is 0 Å². The first-order valence-electron chi connectivity index (χ1n) is 6.17. The molecule has 0 saturated carbocycles. The number of hydrogen-bond donors (Lipinski definition) is 2. The van der Waals surface area contributed by atoms with Crippen LogP contribution in [0.4, 0.5) is 11.5 Å². The van der Waals surface area contributed by atoms with Crippen molar-refractivity contribution in [2.75, 3.05) is 10.6 Å². The zero-order valence-corrected chi connectivity index (χ0v) is 11.3. The summed E-state index contributed by atoms with van der Waals surface area (Å²) in [7, 11) is 0. The van der Waals surface area contributed by atoms with Crippen molar-refractivity contribution < 1.29 is 9.59 Å². The smallest absolute Gasteiger partial charge is 0.315 e. The number of carbonyl (C=O) groups is 2. The molecule has 1 aromatic heterocycles. The highest BCUT2D eigenvalue weighted by molar-refractivity contribution is 6.43. The molecule has 2 amide bonds. The summed E-state index contributed by atoms with van der Waals surface area (Å²) < 4.78 is 0. The van der Waals surface area contributed by atoms with Gasteiger partial charge in [-0.3, -0.25) is 9.59 Å². The predicted octanol–water partition coefficient (Wildman–Crippen LogP) is 2.28. The first-order chi connectivity index (χ1) is 9.56. The SMILES string of the molecule is Cc1ccc(C)c(NC(=O)C(=O)Nc2ccccn2)c1. The molecule has 5 heteroatoms. The van der Waals surface area contributed by atoms with Crippen molar-refractivity contribution in [1.29, 1.82) is 0 Å². The number of nitrogens with one attached hydrogen (secondary N) is 2. The molecule has 2 rings (SSSR count). The molecule has 2 N–H and O–H groups in total. The van der Waals surface area contributed by atoms with Gasteiger partial charge in [-0.05, 0) is 43.2 Å². The maximum atomic E-state index is 11.8. The van der Waals surface area contributed by atoms with E-state index in [1.807, 2.05) is 32.0 Å². The van der Waals surface area contributed by atoms with Crippen LogP contribution in [-0.2, 0) is 9.59 Å². The van der Waals surface area contributed by atoms with E-state index >= 15 is 0 Å². The molecule has 0 aliphatic heterocycles. The first-order valence-corrected chi connectivity index (χ1v) is 6.17. The number of carbonyl (C=O) groups excluding carboxylic acids is 2. The van der Waals surface area contributed by atoms with Crippen LogP contribution >= 0.6 is 0 Å². The van der Waals surface area contributed by atoms with E-state index in [0.29, 0.717) is 11.5 Å². The Labute approximate surface area is 117 Å². The number of pyridine rings is 1. The van der Waals surface area contributed by atoms with Crippen molar-refractivity contribution in [1.82, 2.24) is 4.98 Å². The zero-order valence-electron chi connectivity index (χ0n) is 11.3. The Kier molecular flexibility index (Phi) is 4.10. The number of rotatable bonds is 2. The van der Waals surface area contributed by atoms with Crippen LogP contribution in [-0.4, -0.2) is 16.8 Å². The van der Waals surface area contributed by atoms with E-state index in [1.54, 1.807) is 18.2 Å². The highest BCUT2D eigenvalue weighted by Crippen LogP contribution is 2.16. The number of anilines is 2. The van der Waals surface area contributed by atoms with Crippen molar-refractivity contribution in [3.63, 3.8) is 0 Å². The third kappa shape index (κ3) is 3.41. The highest BCUT2D eigenvalue weighted by Gasteiger charge is 2.15. The molecule has 0 saturated heterocycles. The fourth-order valence-electron chi connectivity index (χ4n) is 1.66. The quantitative estimate of drug-likeness (QED) is 0.822. The second-order valence-electron chi connectivity index (χ2n) is 4.44. The Morgan fingerprint density at radius 3 is 2.45 bits per heavy atom. The van der Waals surface area contributed by atoms with Crippen molar-refractivity contribution in [3.8, 4) is 0 Å². The van der Waals surface area contributed by atoms with Gasteiger partial charge in [-0.25, -0.2) is 4.98 Å². The molecular formula is C15H15N3O2. The lowest BCUT2D eigenvalue weighted by atomic mass is 10.1. The van der Waals surface area contributed by atoms with Gasteiger partial charge in [0.15, 0.2) is 0 Å². The summed E-state index contributed by atoms with van der Waals surface area (Å²) in [6, 6.07) is 10.7. The average molecular weight is 269 g/mol. The van der Waals surface area contributed by atoms with Gasteiger partial charge in [-0.15, -0.1) is 0 Å².